The highest BCUT2D eigenvalue weighted by molar-refractivity contribution is 6.40. The maximum absolute atomic E-state index is 13.3. The van der Waals surface area contributed by atoms with Crippen molar-refractivity contribution in [3.05, 3.63) is 59.9 Å². The molecule has 0 spiro atoms. The Labute approximate surface area is 209 Å². The molecule has 10 heteroatoms. The van der Waals surface area contributed by atoms with Gasteiger partial charge in [0.25, 0.3) is 11.8 Å². The van der Waals surface area contributed by atoms with Crippen molar-refractivity contribution in [2.45, 2.75) is 44.7 Å². The van der Waals surface area contributed by atoms with Crippen LogP contribution in [0.3, 0.4) is 0 Å². The molecule has 1 saturated heterocycles. The molecular formula is C26H30FN5O4. The van der Waals surface area contributed by atoms with Crippen LogP contribution in [0.4, 0.5) is 10.1 Å². The standard InChI is InChI=1S/C26H30FN5O4/c1-2-20(19-7-3-4-8-23(19)36-16-24(33)31-13-5-6-14-31)29-26(35)21-15-22(25(28)34)32(30-21)18-11-9-17(27)10-12-18/h3-4,7-12,20,22H,2,5-6,13-16H2,1H3,(H2,28,34)(H,29,35). The number of nitrogens with two attached hydrogens (primary N) is 1. The summed E-state index contributed by atoms with van der Waals surface area (Å²) in [5.74, 6) is -1.05. The van der Waals surface area contributed by atoms with E-state index in [9.17, 15) is 18.8 Å². The van der Waals surface area contributed by atoms with Gasteiger partial charge in [0.05, 0.1) is 11.7 Å². The Bertz CT molecular complexity index is 1150. The smallest absolute Gasteiger partial charge is 0.268 e. The molecule has 190 valence electrons. The SMILES string of the molecule is CCC(NC(=O)C1=NN(c2ccc(F)cc2)C(C(N)=O)C1)c1ccccc1OCC(=O)N1CCCC1. The van der Waals surface area contributed by atoms with Gasteiger partial charge >= 0.3 is 0 Å². The molecule has 0 aromatic heterocycles. The van der Waals surface area contributed by atoms with E-state index in [1.807, 2.05) is 25.1 Å². The predicted octanol–water partition coefficient (Wildman–Crippen LogP) is 2.51. The zero-order valence-corrected chi connectivity index (χ0v) is 20.2. The van der Waals surface area contributed by atoms with Gasteiger partial charge in [0.1, 0.15) is 23.3 Å². The summed E-state index contributed by atoms with van der Waals surface area (Å²) < 4.78 is 19.2. The number of halogens is 1. The molecule has 2 aromatic rings. The van der Waals surface area contributed by atoms with Crippen LogP contribution in [0.25, 0.3) is 0 Å². The second-order valence-electron chi connectivity index (χ2n) is 8.84. The van der Waals surface area contributed by atoms with Gasteiger partial charge in [-0.2, -0.15) is 5.10 Å². The molecule has 0 saturated carbocycles. The van der Waals surface area contributed by atoms with Gasteiger partial charge in [-0.05, 0) is 49.6 Å². The van der Waals surface area contributed by atoms with Crippen LogP contribution in [0, 0.1) is 5.82 Å². The number of nitrogens with one attached hydrogen (secondary N) is 1. The third-order valence-electron chi connectivity index (χ3n) is 6.41. The molecule has 2 atom stereocenters. The van der Waals surface area contributed by atoms with E-state index in [0.29, 0.717) is 17.9 Å². The van der Waals surface area contributed by atoms with Crippen molar-refractivity contribution in [3.63, 3.8) is 0 Å². The van der Waals surface area contributed by atoms with Gasteiger partial charge in [0, 0.05) is 25.1 Å². The largest absolute Gasteiger partial charge is 0.483 e. The molecule has 2 heterocycles. The topological polar surface area (TPSA) is 117 Å². The zero-order chi connectivity index (χ0) is 25.7. The van der Waals surface area contributed by atoms with E-state index in [1.54, 1.807) is 11.0 Å². The Morgan fingerprint density at radius 2 is 1.83 bits per heavy atom. The third-order valence-corrected chi connectivity index (χ3v) is 6.41. The lowest BCUT2D eigenvalue weighted by Crippen LogP contribution is -2.40. The molecule has 3 amide bonds. The second-order valence-corrected chi connectivity index (χ2v) is 8.84. The Balaban J connectivity index is 1.47. The van der Waals surface area contributed by atoms with Crippen LogP contribution < -0.4 is 20.8 Å². The maximum atomic E-state index is 13.3. The number of para-hydroxylation sites is 1. The van der Waals surface area contributed by atoms with E-state index in [-0.39, 0.29) is 24.6 Å². The summed E-state index contributed by atoms with van der Waals surface area (Å²) in [4.78, 5) is 39.4. The molecule has 2 unspecified atom stereocenters. The van der Waals surface area contributed by atoms with Gasteiger partial charge < -0.3 is 20.7 Å². The first-order chi connectivity index (χ1) is 17.4. The van der Waals surface area contributed by atoms with E-state index in [0.717, 1.165) is 31.5 Å². The Hall–Kier alpha value is -3.95. The molecule has 36 heavy (non-hydrogen) atoms. The number of hydrogen-bond acceptors (Lipinski definition) is 6. The highest BCUT2D eigenvalue weighted by Gasteiger charge is 2.35. The number of nitrogens with zero attached hydrogens (tertiary/aromatic N) is 3. The zero-order valence-electron chi connectivity index (χ0n) is 20.2. The van der Waals surface area contributed by atoms with Crippen LogP contribution in [0.2, 0.25) is 0 Å². The number of rotatable bonds is 9. The molecule has 9 nitrogen and oxygen atoms in total. The van der Waals surface area contributed by atoms with Crippen LogP contribution in [-0.2, 0) is 14.4 Å². The highest BCUT2D eigenvalue weighted by atomic mass is 19.1. The van der Waals surface area contributed by atoms with Crippen LogP contribution >= 0.6 is 0 Å². The van der Waals surface area contributed by atoms with Gasteiger partial charge in [-0.1, -0.05) is 25.1 Å². The summed E-state index contributed by atoms with van der Waals surface area (Å²) >= 11 is 0. The molecule has 0 aliphatic carbocycles. The fourth-order valence-corrected chi connectivity index (χ4v) is 4.44. The lowest BCUT2D eigenvalue weighted by atomic mass is 10.0. The van der Waals surface area contributed by atoms with E-state index in [1.165, 1.54) is 29.3 Å². The predicted molar refractivity (Wildman–Crippen MR) is 133 cm³/mol. The average Bonchev–Trinajstić information content (AvgIpc) is 3.57. The van der Waals surface area contributed by atoms with Crippen molar-refractivity contribution in [1.82, 2.24) is 10.2 Å². The molecule has 1 fully saturated rings. The van der Waals surface area contributed by atoms with Gasteiger partial charge in [-0.15, -0.1) is 0 Å². The third kappa shape index (κ3) is 5.64. The van der Waals surface area contributed by atoms with Crippen molar-refractivity contribution in [3.8, 4) is 5.75 Å². The highest BCUT2D eigenvalue weighted by Crippen LogP contribution is 2.29. The van der Waals surface area contributed by atoms with Crippen molar-refractivity contribution in [2.24, 2.45) is 10.8 Å². The summed E-state index contributed by atoms with van der Waals surface area (Å²) in [5, 5.41) is 8.64. The summed E-state index contributed by atoms with van der Waals surface area (Å²) in [7, 11) is 0. The molecule has 0 bridgehead atoms. The average molecular weight is 496 g/mol. The maximum Gasteiger partial charge on any atom is 0.268 e. The number of ether oxygens (including phenoxy) is 1. The first-order valence-electron chi connectivity index (χ1n) is 12.1. The Kier molecular flexibility index (Phi) is 7.82. The number of likely N-dealkylation sites (tertiary alicyclic amines) is 1. The van der Waals surface area contributed by atoms with Crippen LogP contribution in [0.5, 0.6) is 5.75 Å². The molecule has 2 aliphatic rings. The normalized spacial score (nSPS) is 18.1. The van der Waals surface area contributed by atoms with Crippen molar-refractivity contribution < 1.29 is 23.5 Å². The lowest BCUT2D eigenvalue weighted by molar-refractivity contribution is -0.132. The number of anilines is 1. The van der Waals surface area contributed by atoms with Crippen molar-refractivity contribution >= 4 is 29.1 Å². The lowest BCUT2D eigenvalue weighted by Gasteiger charge is -2.21. The van der Waals surface area contributed by atoms with Crippen LogP contribution in [0.1, 0.15) is 44.2 Å². The number of carbonyl (C=O) groups is 3. The van der Waals surface area contributed by atoms with Gasteiger partial charge in [-0.25, -0.2) is 4.39 Å². The number of amides is 3. The summed E-state index contributed by atoms with van der Waals surface area (Å²) in [6.45, 7) is 3.35. The quantitative estimate of drug-likeness (QED) is 0.554. The van der Waals surface area contributed by atoms with E-state index in [4.69, 9.17) is 10.5 Å². The minimum absolute atomic E-state index is 0.0253. The second kappa shape index (κ2) is 11.2. The molecule has 2 aromatic carbocycles. The van der Waals surface area contributed by atoms with Crippen molar-refractivity contribution in [2.75, 3.05) is 24.7 Å². The van der Waals surface area contributed by atoms with Gasteiger partial charge in [-0.3, -0.25) is 19.4 Å². The Morgan fingerprint density at radius 3 is 2.50 bits per heavy atom. The summed E-state index contributed by atoms with van der Waals surface area (Å²) in [5.41, 5.74) is 6.89. The summed E-state index contributed by atoms with van der Waals surface area (Å²) in [6.07, 6.45) is 2.59. The van der Waals surface area contributed by atoms with Gasteiger partial charge in [0.2, 0.25) is 5.91 Å². The monoisotopic (exact) mass is 495 g/mol. The Morgan fingerprint density at radius 1 is 1.14 bits per heavy atom. The van der Waals surface area contributed by atoms with E-state index >= 15 is 0 Å². The minimum atomic E-state index is -0.858. The molecule has 2 aliphatic heterocycles. The number of benzene rings is 2. The number of hydrazone groups is 1. The first-order valence-corrected chi connectivity index (χ1v) is 12.1. The van der Waals surface area contributed by atoms with E-state index < -0.39 is 29.7 Å². The minimum Gasteiger partial charge on any atom is -0.483 e. The van der Waals surface area contributed by atoms with Crippen LogP contribution in [0.15, 0.2) is 53.6 Å². The molecule has 0 radical (unpaired) electrons. The first kappa shape index (κ1) is 25.2. The number of hydrogen-bond donors (Lipinski definition) is 2. The van der Waals surface area contributed by atoms with Gasteiger partial charge in [0.15, 0.2) is 6.61 Å². The molecule has 3 N–H and O–H groups in total. The number of primary amides is 1. The van der Waals surface area contributed by atoms with Crippen molar-refractivity contribution in [1.29, 1.82) is 0 Å². The summed E-state index contributed by atoms with van der Waals surface area (Å²) in [6, 6.07) is 11.4. The fraction of sp³-hybridized carbons (Fsp3) is 0.385. The molecule has 4 rings (SSSR count). The van der Waals surface area contributed by atoms with E-state index in [2.05, 4.69) is 10.4 Å². The van der Waals surface area contributed by atoms with Crippen LogP contribution in [-0.4, -0.2) is 54.1 Å². The number of carbonyl (C=O) groups excluding carboxylic acids is 3. The molecular weight excluding hydrogens is 465 g/mol. The fourth-order valence-electron chi connectivity index (χ4n) is 4.44.